The second kappa shape index (κ2) is 11.4. The van der Waals surface area contributed by atoms with Gasteiger partial charge in [0.05, 0.1) is 0 Å². The normalized spacial score (nSPS) is 13.0. The van der Waals surface area contributed by atoms with Crippen molar-refractivity contribution < 1.29 is 29.5 Å². The van der Waals surface area contributed by atoms with E-state index in [1.165, 1.54) is 18.2 Å². The molecule has 0 aliphatic heterocycles. The highest BCUT2D eigenvalue weighted by molar-refractivity contribution is 5.83. The molecule has 0 aliphatic carbocycles. The van der Waals surface area contributed by atoms with E-state index in [2.05, 4.69) is 10.3 Å². The Morgan fingerprint density at radius 1 is 1.13 bits per heavy atom. The van der Waals surface area contributed by atoms with Gasteiger partial charge in [0.25, 0.3) is 0 Å². The molecule has 0 aliphatic rings. The molecule has 0 radical (unpaired) electrons. The number of aromatic hydroxyl groups is 1. The third-order valence-corrected chi connectivity index (χ3v) is 4.16. The number of phenolic OH excluding ortho intramolecular Hbond substituents is 1. The lowest BCUT2D eigenvalue weighted by Gasteiger charge is -2.16. The zero-order valence-corrected chi connectivity index (χ0v) is 17.0. The summed E-state index contributed by atoms with van der Waals surface area (Å²) in [7, 11) is 0. The van der Waals surface area contributed by atoms with Crippen molar-refractivity contribution in [2.75, 3.05) is 0 Å². The van der Waals surface area contributed by atoms with Crippen molar-refractivity contribution in [3.63, 3.8) is 0 Å². The summed E-state index contributed by atoms with van der Waals surface area (Å²) in [6.45, 7) is 4.00. The van der Waals surface area contributed by atoms with Crippen molar-refractivity contribution in [1.29, 1.82) is 0 Å². The molecular weight excluding hydrogens is 384 g/mol. The molecular formula is C23H27N2O5+. The molecule has 158 valence electrons. The van der Waals surface area contributed by atoms with Crippen LogP contribution >= 0.6 is 0 Å². The van der Waals surface area contributed by atoms with Crippen molar-refractivity contribution >= 4 is 24.4 Å². The first-order valence-electron chi connectivity index (χ1n) is 9.63. The fourth-order valence-corrected chi connectivity index (χ4v) is 2.70. The Labute approximate surface area is 175 Å². The number of ether oxygens (including phenoxy) is 1. The van der Waals surface area contributed by atoms with Crippen LogP contribution in [0.1, 0.15) is 31.4 Å². The average Bonchev–Trinajstić information content (AvgIpc) is 2.73. The number of aliphatic hydroxyl groups excluding tert-OH is 1. The second-order valence-corrected chi connectivity index (χ2v) is 7.21. The quantitative estimate of drug-likeness (QED) is 0.219. The van der Waals surface area contributed by atoms with Crippen molar-refractivity contribution in [3.05, 3.63) is 71.4 Å². The first-order valence-corrected chi connectivity index (χ1v) is 9.63. The Morgan fingerprint density at radius 2 is 1.80 bits per heavy atom. The number of alkyl carbamates (subject to hydrolysis) is 1. The van der Waals surface area contributed by atoms with Crippen LogP contribution in [0.25, 0.3) is 6.08 Å². The number of amides is 1. The highest BCUT2D eigenvalue weighted by atomic mass is 16.5. The minimum atomic E-state index is -0.753. The number of carbonyl (C=O) groups excluding carboxylic acids is 2. The monoisotopic (exact) mass is 411 g/mol. The molecule has 4 N–H and O–H groups in total. The largest absolute Gasteiger partial charge is 0.508 e. The lowest BCUT2D eigenvalue weighted by atomic mass is 10.0. The Morgan fingerprint density at radius 3 is 2.40 bits per heavy atom. The van der Waals surface area contributed by atoms with Crippen LogP contribution in [0.4, 0.5) is 4.79 Å². The van der Waals surface area contributed by atoms with Crippen LogP contribution in [0.15, 0.2) is 60.3 Å². The molecule has 0 spiro atoms. The molecule has 2 aromatic carbocycles. The van der Waals surface area contributed by atoms with Crippen LogP contribution < -0.4 is 10.3 Å². The van der Waals surface area contributed by atoms with Crippen molar-refractivity contribution in [1.82, 2.24) is 5.32 Å². The second-order valence-electron chi connectivity index (χ2n) is 7.21. The number of phenols is 1. The van der Waals surface area contributed by atoms with E-state index in [9.17, 15) is 19.8 Å². The van der Waals surface area contributed by atoms with E-state index in [-0.39, 0.29) is 29.9 Å². The number of benzene rings is 2. The lowest BCUT2D eigenvalue weighted by Crippen LogP contribution is -2.75. The molecule has 0 saturated heterocycles. The molecule has 0 unspecified atom stereocenters. The molecule has 1 amide bonds. The first kappa shape index (κ1) is 22.7. The third-order valence-electron chi connectivity index (χ3n) is 4.16. The molecule has 2 rings (SSSR count). The third kappa shape index (κ3) is 7.79. The maximum absolute atomic E-state index is 12.2. The number of nitrogens with one attached hydrogen (secondary N) is 2. The van der Waals surface area contributed by atoms with Gasteiger partial charge in [0.15, 0.2) is 6.04 Å². The van der Waals surface area contributed by atoms with E-state index in [0.29, 0.717) is 18.3 Å². The molecule has 0 heterocycles. The summed E-state index contributed by atoms with van der Waals surface area (Å²) in [5.74, 6) is 0.00371. The van der Waals surface area contributed by atoms with Crippen molar-refractivity contribution in [3.8, 4) is 5.75 Å². The number of hydrogen-bond acceptors (Lipinski definition) is 4. The molecule has 0 aromatic heterocycles. The SMILES string of the molecule is CC(C)C[C@H](NC(=O)OCc1ccccc1)C(O)=[NH+]/C(C=O)=C/c1ccc(O)cc1. The highest BCUT2D eigenvalue weighted by Crippen LogP contribution is 2.11. The van der Waals surface area contributed by atoms with E-state index in [1.54, 1.807) is 12.1 Å². The number of allylic oxidation sites excluding steroid dienone is 1. The van der Waals surface area contributed by atoms with Crippen LogP contribution in [0.3, 0.4) is 0 Å². The predicted molar refractivity (Wildman–Crippen MR) is 114 cm³/mol. The molecule has 0 bridgehead atoms. The summed E-state index contributed by atoms with van der Waals surface area (Å²) >= 11 is 0. The minimum Gasteiger partial charge on any atom is -0.508 e. The molecule has 30 heavy (non-hydrogen) atoms. The van der Waals surface area contributed by atoms with Crippen LogP contribution in [0, 0.1) is 5.92 Å². The number of hydrogen-bond donors (Lipinski definition) is 4. The van der Waals surface area contributed by atoms with Crippen LogP contribution in [-0.2, 0) is 16.1 Å². The van der Waals surface area contributed by atoms with Gasteiger partial charge in [-0.15, -0.1) is 0 Å². The smallest absolute Gasteiger partial charge is 0.408 e. The summed E-state index contributed by atoms with van der Waals surface area (Å²) in [5.41, 5.74) is 1.61. The number of aliphatic hydroxyl groups is 1. The fourth-order valence-electron chi connectivity index (χ4n) is 2.70. The van der Waals surface area contributed by atoms with Crippen LogP contribution in [0.2, 0.25) is 0 Å². The minimum absolute atomic E-state index is 0.103. The Hall–Kier alpha value is -3.61. The van der Waals surface area contributed by atoms with E-state index in [0.717, 1.165) is 5.56 Å². The summed E-state index contributed by atoms with van der Waals surface area (Å²) in [6, 6.07) is 14.7. The maximum atomic E-state index is 12.2. The Balaban J connectivity index is 2.10. The summed E-state index contributed by atoms with van der Waals surface area (Å²) < 4.78 is 5.22. The zero-order valence-electron chi connectivity index (χ0n) is 17.0. The average molecular weight is 411 g/mol. The number of carbonyl (C=O) groups is 2. The predicted octanol–water partition coefficient (Wildman–Crippen LogP) is 2.31. The van der Waals surface area contributed by atoms with E-state index < -0.39 is 12.1 Å². The maximum Gasteiger partial charge on any atom is 0.408 e. The summed E-state index contributed by atoms with van der Waals surface area (Å²) in [6.07, 6.45) is 1.84. The molecule has 7 heteroatoms. The number of aldehydes is 1. The van der Waals surface area contributed by atoms with Crippen molar-refractivity contribution in [2.24, 2.45) is 5.92 Å². The topological polar surface area (TPSA) is 110 Å². The van der Waals surface area contributed by atoms with Gasteiger partial charge in [-0.25, -0.2) is 4.79 Å². The van der Waals surface area contributed by atoms with Crippen LogP contribution in [0.5, 0.6) is 5.75 Å². The first-order chi connectivity index (χ1) is 14.4. The van der Waals surface area contributed by atoms with Gasteiger partial charge in [-0.3, -0.25) is 4.79 Å². The zero-order chi connectivity index (χ0) is 21.9. The molecule has 2 aromatic rings. The van der Waals surface area contributed by atoms with Gasteiger partial charge in [0, 0.05) is 6.08 Å². The molecule has 1 atom stereocenters. The fraction of sp³-hybridized carbons (Fsp3) is 0.261. The molecule has 0 saturated carbocycles. The standard InChI is InChI=1S/C23H26N2O5/c1-16(2)12-21(25-23(29)30-15-18-6-4-3-5-7-18)22(28)24-19(14-26)13-17-8-10-20(27)11-9-17/h3-11,13-14,16,21,27H,12,15H2,1-2H3,(H,24,28)(H,25,29)/p+1/b19-13+/t21-/m0/s1. The van der Waals surface area contributed by atoms with Gasteiger partial charge in [0.1, 0.15) is 12.4 Å². The highest BCUT2D eigenvalue weighted by Gasteiger charge is 2.25. The van der Waals surface area contributed by atoms with E-state index >= 15 is 0 Å². The van der Waals surface area contributed by atoms with E-state index in [4.69, 9.17) is 4.74 Å². The Bertz CT molecular complexity index is 890. The van der Waals surface area contributed by atoms with Gasteiger partial charge in [-0.1, -0.05) is 56.3 Å². The van der Waals surface area contributed by atoms with Crippen LogP contribution in [-0.4, -0.2) is 34.5 Å². The molecule has 0 fully saturated rings. The van der Waals surface area contributed by atoms with Crippen molar-refractivity contribution in [2.45, 2.75) is 32.9 Å². The van der Waals surface area contributed by atoms with E-state index in [1.807, 2.05) is 44.2 Å². The molecule has 7 nitrogen and oxygen atoms in total. The van der Waals surface area contributed by atoms with Gasteiger partial charge in [0.2, 0.25) is 12.0 Å². The summed E-state index contributed by atoms with van der Waals surface area (Å²) in [5, 5.41) is 22.5. The van der Waals surface area contributed by atoms with Gasteiger partial charge < -0.3 is 20.3 Å². The summed E-state index contributed by atoms with van der Waals surface area (Å²) in [4.78, 5) is 26.3. The van der Waals surface area contributed by atoms with Gasteiger partial charge >= 0.3 is 12.0 Å². The van der Waals surface area contributed by atoms with Gasteiger partial charge in [-0.05, 0) is 35.6 Å². The lowest BCUT2D eigenvalue weighted by molar-refractivity contribution is -0.401. The number of rotatable bonds is 9. The van der Waals surface area contributed by atoms with Gasteiger partial charge in [-0.2, -0.15) is 4.99 Å². The Kier molecular flexibility index (Phi) is 8.62.